The summed E-state index contributed by atoms with van der Waals surface area (Å²) in [7, 11) is -3.77. The average molecular weight is 280 g/mol. The molecule has 0 saturated heterocycles. The van der Waals surface area contributed by atoms with Gasteiger partial charge in [0.2, 0.25) is 10.0 Å². The van der Waals surface area contributed by atoms with Crippen LogP contribution in [0.3, 0.4) is 0 Å². The van der Waals surface area contributed by atoms with Gasteiger partial charge in [0.1, 0.15) is 10.7 Å². The first-order valence-electron chi connectivity index (χ1n) is 5.27. The van der Waals surface area contributed by atoms with Crippen LogP contribution in [-0.4, -0.2) is 20.8 Å². The summed E-state index contributed by atoms with van der Waals surface area (Å²) in [6, 6.07) is 5.30. The molecular formula is C11H15ClFNO2S. The van der Waals surface area contributed by atoms with E-state index in [9.17, 15) is 12.8 Å². The summed E-state index contributed by atoms with van der Waals surface area (Å²) in [6.07, 6.45) is 0.710. The van der Waals surface area contributed by atoms with Crippen LogP contribution in [0.15, 0.2) is 29.2 Å². The highest BCUT2D eigenvalue weighted by Crippen LogP contribution is 2.13. The Morgan fingerprint density at radius 3 is 2.65 bits per heavy atom. The highest BCUT2D eigenvalue weighted by atomic mass is 35.5. The molecule has 0 aliphatic carbocycles. The molecule has 6 heteroatoms. The Balaban J connectivity index is 2.73. The van der Waals surface area contributed by atoms with Crippen molar-refractivity contribution in [3.63, 3.8) is 0 Å². The van der Waals surface area contributed by atoms with Gasteiger partial charge in [-0.15, -0.1) is 11.6 Å². The van der Waals surface area contributed by atoms with Gasteiger partial charge in [-0.2, -0.15) is 0 Å². The molecule has 0 spiro atoms. The van der Waals surface area contributed by atoms with Crippen molar-refractivity contribution in [1.82, 2.24) is 4.72 Å². The summed E-state index contributed by atoms with van der Waals surface area (Å²) in [5.74, 6) is -0.151. The van der Waals surface area contributed by atoms with Crippen LogP contribution in [0.4, 0.5) is 4.39 Å². The molecule has 0 radical (unpaired) electrons. The Labute approximate surface area is 106 Å². The molecule has 0 aliphatic heterocycles. The van der Waals surface area contributed by atoms with Crippen molar-refractivity contribution in [3.05, 3.63) is 30.1 Å². The maximum Gasteiger partial charge on any atom is 0.243 e. The molecule has 0 saturated carbocycles. The molecule has 1 atom stereocenters. The van der Waals surface area contributed by atoms with Crippen molar-refractivity contribution in [2.75, 3.05) is 12.4 Å². The van der Waals surface area contributed by atoms with Crippen LogP contribution in [0.1, 0.15) is 13.3 Å². The number of hydrogen-bond acceptors (Lipinski definition) is 2. The highest BCUT2D eigenvalue weighted by Gasteiger charge is 2.18. The quantitative estimate of drug-likeness (QED) is 0.813. The zero-order valence-corrected chi connectivity index (χ0v) is 11.1. The number of sulfonamides is 1. The van der Waals surface area contributed by atoms with E-state index in [-0.39, 0.29) is 17.4 Å². The Morgan fingerprint density at radius 2 is 2.06 bits per heavy atom. The van der Waals surface area contributed by atoms with Gasteiger partial charge in [-0.25, -0.2) is 17.5 Å². The lowest BCUT2D eigenvalue weighted by Gasteiger charge is -2.11. The Kier molecular flexibility index (Phi) is 5.36. The average Bonchev–Trinajstić information content (AvgIpc) is 2.27. The molecule has 1 N–H and O–H groups in total. The van der Waals surface area contributed by atoms with Crippen LogP contribution in [0.25, 0.3) is 0 Å². The fraction of sp³-hybridized carbons (Fsp3) is 0.455. The van der Waals surface area contributed by atoms with E-state index in [0.717, 1.165) is 6.07 Å². The molecule has 0 aromatic heterocycles. The molecule has 0 amide bonds. The standard InChI is InChI=1S/C11H15ClFNO2S/c1-9(6-7-12)8-14-17(15,16)11-5-3-2-4-10(11)13/h2-5,9,14H,6-8H2,1H3. The summed E-state index contributed by atoms with van der Waals surface area (Å²) in [6.45, 7) is 2.13. The van der Waals surface area contributed by atoms with Gasteiger partial charge >= 0.3 is 0 Å². The van der Waals surface area contributed by atoms with E-state index in [1.54, 1.807) is 0 Å². The first kappa shape index (κ1) is 14.4. The summed E-state index contributed by atoms with van der Waals surface area (Å²) in [4.78, 5) is -0.321. The molecule has 96 valence electrons. The maximum absolute atomic E-state index is 13.3. The number of rotatable bonds is 6. The molecule has 17 heavy (non-hydrogen) atoms. The minimum Gasteiger partial charge on any atom is -0.211 e. The van der Waals surface area contributed by atoms with E-state index < -0.39 is 15.8 Å². The Bertz CT molecular complexity index is 464. The molecule has 1 aromatic rings. The van der Waals surface area contributed by atoms with E-state index >= 15 is 0 Å². The van der Waals surface area contributed by atoms with Crippen molar-refractivity contribution in [2.24, 2.45) is 5.92 Å². The summed E-state index contributed by atoms with van der Waals surface area (Å²) in [5, 5.41) is 0. The number of nitrogens with one attached hydrogen (secondary N) is 1. The van der Waals surface area contributed by atoms with Gasteiger partial charge in [-0.05, 0) is 24.5 Å². The van der Waals surface area contributed by atoms with Gasteiger partial charge in [-0.1, -0.05) is 19.1 Å². The molecule has 0 heterocycles. The lowest BCUT2D eigenvalue weighted by Crippen LogP contribution is -2.29. The second kappa shape index (κ2) is 6.33. The molecule has 0 bridgehead atoms. The maximum atomic E-state index is 13.3. The molecular weight excluding hydrogens is 265 g/mol. The fourth-order valence-electron chi connectivity index (χ4n) is 1.28. The van der Waals surface area contributed by atoms with Crippen molar-refractivity contribution in [1.29, 1.82) is 0 Å². The molecule has 0 aliphatic rings. The van der Waals surface area contributed by atoms with Crippen LogP contribution in [0.5, 0.6) is 0 Å². The molecule has 1 unspecified atom stereocenters. The zero-order valence-electron chi connectivity index (χ0n) is 9.49. The monoisotopic (exact) mass is 279 g/mol. The fourth-order valence-corrected chi connectivity index (χ4v) is 2.90. The first-order chi connectivity index (χ1) is 7.97. The van der Waals surface area contributed by atoms with E-state index in [1.165, 1.54) is 18.2 Å². The van der Waals surface area contributed by atoms with Gasteiger partial charge in [0.15, 0.2) is 0 Å². The predicted molar refractivity (Wildman–Crippen MR) is 66.1 cm³/mol. The van der Waals surface area contributed by atoms with E-state index in [4.69, 9.17) is 11.6 Å². The third-order valence-electron chi connectivity index (χ3n) is 2.35. The van der Waals surface area contributed by atoms with Crippen LogP contribution in [-0.2, 0) is 10.0 Å². The lowest BCUT2D eigenvalue weighted by atomic mass is 10.1. The third kappa shape index (κ3) is 4.26. The van der Waals surface area contributed by atoms with Gasteiger partial charge in [0, 0.05) is 12.4 Å². The summed E-state index contributed by atoms with van der Waals surface area (Å²) in [5.41, 5.74) is 0. The molecule has 0 fully saturated rings. The minimum atomic E-state index is -3.77. The van der Waals surface area contributed by atoms with Crippen molar-refractivity contribution in [2.45, 2.75) is 18.2 Å². The van der Waals surface area contributed by atoms with Crippen molar-refractivity contribution >= 4 is 21.6 Å². The number of halogens is 2. The first-order valence-corrected chi connectivity index (χ1v) is 7.29. The normalized spacial score (nSPS) is 13.6. The van der Waals surface area contributed by atoms with Crippen LogP contribution in [0, 0.1) is 11.7 Å². The number of benzene rings is 1. The smallest absolute Gasteiger partial charge is 0.211 e. The van der Waals surface area contributed by atoms with Crippen molar-refractivity contribution < 1.29 is 12.8 Å². The predicted octanol–water partition coefficient (Wildman–Crippen LogP) is 2.37. The van der Waals surface area contributed by atoms with Gasteiger partial charge in [0.05, 0.1) is 0 Å². The van der Waals surface area contributed by atoms with E-state index in [0.29, 0.717) is 12.3 Å². The molecule has 3 nitrogen and oxygen atoms in total. The second-order valence-corrected chi connectivity index (χ2v) is 5.98. The van der Waals surface area contributed by atoms with Crippen LogP contribution in [0.2, 0.25) is 0 Å². The third-order valence-corrected chi connectivity index (χ3v) is 4.02. The second-order valence-electron chi connectivity index (χ2n) is 3.87. The van der Waals surface area contributed by atoms with Crippen LogP contribution >= 0.6 is 11.6 Å². The summed E-state index contributed by atoms with van der Waals surface area (Å²) >= 11 is 5.55. The minimum absolute atomic E-state index is 0.119. The van der Waals surface area contributed by atoms with E-state index in [2.05, 4.69) is 4.72 Å². The zero-order chi connectivity index (χ0) is 12.9. The number of alkyl halides is 1. The molecule has 1 aromatic carbocycles. The van der Waals surface area contributed by atoms with Gasteiger partial charge < -0.3 is 0 Å². The van der Waals surface area contributed by atoms with Crippen molar-refractivity contribution in [3.8, 4) is 0 Å². The number of hydrogen-bond donors (Lipinski definition) is 1. The van der Waals surface area contributed by atoms with Crippen LogP contribution < -0.4 is 4.72 Å². The SMILES string of the molecule is CC(CCCl)CNS(=O)(=O)c1ccccc1F. The Morgan fingerprint density at radius 1 is 1.41 bits per heavy atom. The van der Waals surface area contributed by atoms with Gasteiger partial charge in [-0.3, -0.25) is 0 Å². The lowest BCUT2D eigenvalue weighted by molar-refractivity contribution is 0.522. The van der Waals surface area contributed by atoms with Gasteiger partial charge in [0.25, 0.3) is 0 Å². The highest BCUT2D eigenvalue weighted by molar-refractivity contribution is 7.89. The largest absolute Gasteiger partial charge is 0.243 e. The topological polar surface area (TPSA) is 46.2 Å². The Hall–Kier alpha value is -0.650. The van der Waals surface area contributed by atoms with E-state index in [1.807, 2.05) is 6.92 Å². The molecule has 1 rings (SSSR count). The summed E-state index contributed by atoms with van der Waals surface area (Å²) < 4.78 is 39.2.